The first-order valence-electron chi connectivity index (χ1n) is 10.4. The highest BCUT2D eigenvalue weighted by molar-refractivity contribution is 7.12. The number of aromatic carboxylic acids is 1. The van der Waals surface area contributed by atoms with E-state index in [2.05, 4.69) is 15.1 Å². The number of pyridine rings is 1. The van der Waals surface area contributed by atoms with Gasteiger partial charge in [-0.3, -0.25) is 4.98 Å². The molecule has 0 saturated carbocycles. The number of rotatable bonds is 7. The van der Waals surface area contributed by atoms with Crippen molar-refractivity contribution in [3.63, 3.8) is 0 Å². The van der Waals surface area contributed by atoms with E-state index in [0.29, 0.717) is 16.3 Å². The topological polar surface area (TPSA) is 136 Å². The average molecular weight is 529 g/mol. The van der Waals surface area contributed by atoms with E-state index < -0.39 is 29.6 Å². The maximum absolute atomic E-state index is 14.6. The molecule has 0 radical (unpaired) electrons. The van der Waals surface area contributed by atoms with Crippen LogP contribution in [0.2, 0.25) is 0 Å². The summed E-state index contributed by atoms with van der Waals surface area (Å²) in [5, 5.41) is 13.5. The van der Waals surface area contributed by atoms with Gasteiger partial charge in [0.05, 0.1) is 18.4 Å². The molecule has 4 rings (SSSR count). The summed E-state index contributed by atoms with van der Waals surface area (Å²) >= 11 is 0.813. The van der Waals surface area contributed by atoms with Crippen molar-refractivity contribution in [2.24, 2.45) is 0 Å². The SMILES string of the molecule is COc1cc(F)c(NC(=O)NOC(=O)c2sccc2C(=O)O)cc1OCc1ccc(F)c2ccncc12. The van der Waals surface area contributed by atoms with Gasteiger partial charge in [-0.1, -0.05) is 6.07 Å². The number of carbonyl (C=O) groups excluding carboxylic acids is 2. The standard InChI is InChI=1S/C24H17F2N3O7S/c1-34-19-8-17(26)18(28-24(33)29-36-23(32)21-14(22(30)31)5-7-37-21)9-20(19)35-11-12-2-3-16(25)13-4-6-27-10-15(12)13/h2-10H,11H2,1H3,(H,30,31)(H2,28,29,33). The highest BCUT2D eigenvalue weighted by Crippen LogP contribution is 2.34. The molecule has 0 unspecified atom stereocenters. The van der Waals surface area contributed by atoms with Crippen molar-refractivity contribution in [2.45, 2.75) is 6.61 Å². The van der Waals surface area contributed by atoms with Gasteiger partial charge < -0.3 is 24.7 Å². The van der Waals surface area contributed by atoms with Crippen molar-refractivity contribution in [1.29, 1.82) is 0 Å². The number of benzene rings is 2. The molecule has 2 heterocycles. The molecule has 0 spiro atoms. The normalized spacial score (nSPS) is 10.6. The van der Waals surface area contributed by atoms with Gasteiger partial charge >= 0.3 is 18.0 Å². The number of halogens is 2. The fourth-order valence-corrected chi connectivity index (χ4v) is 4.08. The number of hydrogen-bond acceptors (Lipinski definition) is 8. The average Bonchev–Trinajstić information content (AvgIpc) is 3.39. The van der Waals surface area contributed by atoms with E-state index in [1.54, 1.807) is 5.48 Å². The van der Waals surface area contributed by atoms with E-state index in [4.69, 9.17) is 14.6 Å². The summed E-state index contributed by atoms with van der Waals surface area (Å²) in [5.41, 5.74) is 1.76. The van der Waals surface area contributed by atoms with Crippen LogP contribution in [0, 0.1) is 11.6 Å². The Hall–Kier alpha value is -4.78. The van der Waals surface area contributed by atoms with E-state index in [-0.39, 0.29) is 34.2 Å². The molecule has 10 nitrogen and oxygen atoms in total. The van der Waals surface area contributed by atoms with Gasteiger partial charge in [0.25, 0.3) is 0 Å². The Morgan fingerprint density at radius 2 is 1.86 bits per heavy atom. The number of methoxy groups -OCH3 is 1. The zero-order chi connectivity index (χ0) is 26.5. The summed E-state index contributed by atoms with van der Waals surface area (Å²) in [7, 11) is 1.30. The minimum Gasteiger partial charge on any atom is -0.493 e. The van der Waals surface area contributed by atoms with Crippen molar-refractivity contribution in [2.75, 3.05) is 12.4 Å². The van der Waals surface area contributed by atoms with E-state index >= 15 is 0 Å². The lowest BCUT2D eigenvalue weighted by molar-refractivity contribution is 0.0340. The van der Waals surface area contributed by atoms with Crippen LogP contribution in [-0.2, 0) is 11.4 Å². The van der Waals surface area contributed by atoms with Crippen LogP contribution in [0.4, 0.5) is 19.3 Å². The summed E-state index contributed by atoms with van der Waals surface area (Å²) in [6, 6.07) is 6.57. The third kappa shape index (κ3) is 5.56. The number of aromatic nitrogens is 1. The molecule has 0 aliphatic carbocycles. The van der Waals surface area contributed by atoms with Crippen LogP contribution in [0.1, 0.15) is 25.6 Å². The summed E-state index contributed by atoms with van der Waals surface area (Å²) in [5.74, 6) is -3.66. The smallest absolute Gasteiger partial charge is 0.373 e. The molecule has 0 fully saturated rings. The van der Waals surface area contributed by atoms with Gasteiger partial charge in [0, 0.05) is 35.3 Å². The minimum atomic E-state index is -1.34. The van der Waals surface area contributed by atoms with Gasteiger partial charge in [-0.2, -0.15) is 5.48 Å². The second kappa shape index (κ2) is 10.9. The molecule has 3 N–H and O–H groups in total. The molecular formula is C24H17F2N3O7S. The molecule has 37 heavy (non-hydrogen) atoms. The van der Waals surface area contributed by atoms with E-state index in [1.165, 1.54) is 49.1 Å². The predicted molar refractivity (Wildman–Crippen MR) is 128 cm³/mol. The number of fused-ring (bicyclic) bond motifs is 1. The Labute approximate surface area is 211 Å². The van der Waals surface area contributed by atoms with E-state index in [1.807, 2.05) is 0 Å². The maximum atomic E-state index is 14.6. The number of urea groups is 1. The van der Waals surface area contributed by atoms with Gasteiger partial charge in [-0.05, 0) is 29.1 Å². The van der Waals surface area contributed by atoms with Gasteiger partial charge in [-0.15, -0.1) is 11.3 Å². The number of nitrogens with zero attached hydrogens (tertiary/aromatic N) is 1. The van der Waals surface area contributed by atoms with Crippen LogP contribution in [-0.4, -0.2) is 35.2 Å². The zero-order valence-corrected chi connectivity index (χ0v) is 19.7. The molecule has 2 aromatic carbocycles. The fourth-order valence-electron chi connectivity index (χ4n) is 3.32. The van der Waals surface area contributed by atoms with Gasteiger partial charge in [-0.25, -0.2) is 23.2 Å². The lowest BCUT2D eigenvalue weighted by Crippen LogP contribution is -2.31. The third-order valence-electron chi connectivity index (χ3n) is 5.06. The van der Waals surface area contributed by atoms with Crippen molar-refractivity contribution >= 4 is 45.8 Å². The Balaban J connectivity index is 1.46. The predicted octanol–water partition coefficient (Wildman–Crippen LogP) is 4.75. The molecule has 0 bridgehead atoms. The lowest BCUT2D eigenvalue weighted by Gasteiger charge is -2.15. The van der Waals surface area contributed by atoms with Crippen molar-refractivity contribution in [3.8, 4) is 11.5 Å². The number of nitrogens with one attached hydrogen (secondary N) is 2. The number of ether oxygens (including phenoxy) is 2. The number of anilines is 1. The second-order valence-electron chi connectivity index (χ2n) is 7.31. The maximum Gasteiger partial charge on any atom is 0.373 e. The Kier molecular flexibility index (Phi) is 7.44. The summed E-state index contributed by atoms with van der Waals surface area (Å²) < 4.78 is 39.6. The van der Waals surface area contributed by atoms with Gasteiger partial charge in [0.1, 0.15) is 17.3 Å². The number of carboxylic acid groups (broad SMARTS) is 1. The van der Waals surface area contributed by atoms with Crippen LogP contribution in [0.15, 0.2) is 54.2 Å². The lowest BCUT2D eigenvalue weighted by atomic mass is 10.1. The fraction of sp³-hybridized carbons (Fsp3) is 0.0833. The molecule has 0 aliphatic heterocycles. The third-order valence-corrected chi connectivity index (χ3v) is 5.95. The summed E-state index contributed by atoms with van der Waals surface area (Å²) in [4.78, 5) is 43.8. The molecule has 0 aliphatic rings. The number of amides is 2. The Bertz CT molecular complexity index is 1510. The van der Waals surface area contributed by atoms with Crippen molar-refractivity contribution in [1.82, 2.24) is 10.5 Å². The number of hydrogen-bond donors (Lipinski definition) is 3. The van der Waals surface area contributed by atoms with Crippen molar-refractivity contribution < 1.29 is 42.6 Å². The first-order chi connectivity index (χ1) is 17.8. The second-order valence-corrected chi connectivity index (χ2v) is 8.23. The molecule has 0 atom stereocenters. The summed E-state index contributed by atoms with van der Waals surface area (Å²) in [6.07, 6.45) is 2.96. The van der Waals surface area contributed by atoms with Gasteiger partial charge in [0.2, 0.25) is 0 Å². The number of carbonyl (C=O) groups is 3. The quantitative estimate of drug-likeness (QED) is 0.292. The molecule has 2 amide bonds. The van der Waals surface area contributed by atoms with Crippen LogP contribution in [0.3, 0.4) is 0 Å². The molecule has 2 aromatic heterocycles. The molecule has 4 aromatic rings. The first-order valence-corrected chi connectivity index (χ1v) is 11.3. The largest absolute Gasteiger partial charge is 0.493 e. The molecular weight excluding hydrogens is 512 g/mol. The monoisotopic (exact) mass is 529 g/mol. The highest BCUT2D eigenvalue weighted by atomic mass is 32.1. The summed E-state index contributed by atoms with van der Waals surface area (Å²) in [6.45, 7) is -0.0551. The zero-order valence-electron chi connectivity index (χ0n) is 18.9. The number of hydroxylamine groups is 1. The van der Waals surface area contributed by atoms with Gasteiger partial charge in [0.15, 0.2) is 17.3 Å². The van der Waals surface area contributed by atoms with Crippen LogP contribution in [0.25, 0.3) is 10.8 Å². The first kappa shape index (κ1) is 25.3. The molecule has 0 saturated heterocycles. The minimum absolute atomic E-state index is 0.0262. The van der Waals surface area contributed by atoms with Crippen LogP contribution >= 0.6 is 11.3 Å². The van der Waals surface area contributed by atoms with Crippen LogP contribution in [0.5, 0.6) is 11.5 Å². The van der Waals surface area contributed by atoms with Crippen LogP contribution < -0.4 is 20.3 Å². The Morgan fingerprint density at radius 3 is 2.62 bits per heavy atom. The van der Waals surface area contributed by atoms with Crippen molar-refractivity contribution in [3.05, 3.63) is 81.8 Å². The van der Waals surface area contributed by atoms with E-state index in [9.17, 15) is 23.2 Å². The Morgan fingerprint density at radius 1 is 1.05 bits per heavy atom. The molecule has 190 valence electrons. The highest BCUT2D eigenvalue weighted by Gasteiger charge is 2.21. The molecule has 13 heteroatoms. The number of carboxylic acids is 1. The number of thiophene rings is 1. The van der Waals surface area contributed by atoms with E-state index in [0.717, 1.165) is 23.5 Å².